The van der Waals surface area contributed by atoms with Gasteiger partial charge in [0, 0.05) is 12.6 Å². The highest BCUT2D eigenvalue weighted by Crippen LogP contribution is 2.30. The van der Waals surface area contributed by atoms with E-state index in [1.165, 1.54) is 30.6 Å². The summed E-state index contributed by atoms with van der Waals surface area (Å²) in [6.07, 6.45) is 4.91. The predicted molar refractivity (Wildman–Crippen MR) is 81.2 cm³/mol. The summed E-state index contributed by atoms with van der Waals surface area (Å²) in [5.41, 5.74) is 1.09. The van der Waals surface area contributed by atoms with Crippen LogP contribution in [0.3, 0.4) is 0 Å². The molecule has 1 aliphatic heterocycles. The van der Waals surface area contributed by atoms with Crippen molar-refractivity contribution in [1.29, 1.82) is 0 Å². The van der Waals surface area contributed by atoms with Crippen LogP contribution < -0.4 is 5.32 Å². The third-order valence-electron chi connectivity index (χ3n) is 4.69. The van der Waals surface area contributed by atoms with Crippen molar-refractivity contribution in [3.63, 3.8) is 0 Å². The molecule has 2 amide bonds. The van der Waals surface area contributed by atoms with E-state index in [0.29, 0.717) is 23.6 Å². The number of likely N-dealkylation sites (N-methyl/N-ethyl adjacent to an activating group) is 1. The third kappa shape index (κ3) is 2.60. The highest BCUT2D eigenvalue weighted by atomic mass is 16.2. The van der Waals surface area contributed by atoms with Crippen LogP contribution >= 0.6 is 0 Å². The summed E-state index contributed by atoms with van der Waals surface area (Å²) in [5.74, 6) is 0.294. The molecule has 1 atom stereocenters. The fraction of sp³-hybridized carbons (Fsp3) is 0.529. The Morgan fingerprint density at radius 3 is 2.24 bits per heavy atom. The molecule has 4 nitrogen and oxygen atoms in total. The SMILES string of the molecule is CCNC(CN1C(=O)c2ccccc2C1=O)C1CCCC1. The second kappa shape index (κ2) is 5.98. The van der Waals surface area contributed by atoms with Gasteiger partial charge in [-0.15, -0.1) is 0 Å². The predicted octanol–water partition coefficient (Wildman–Crippen LogP) is 2.45. The lowest BCUT2D eigenvalue weighted by Gasteiger charge is -2.28. The molecular weight excluding hydrogens is 264 g/mol. The number of carbonyl (C=O) groups is 2. The van der Waals surface area contributed by atoms with Crippen molar-refractivity contribution in [1.82, 2.24) is 10.2 Å². The maximum Gasteiger partial charge on any atom is 0.261 e. The Morgan fingerprint density at radius 1 is 1.14 bits per heavy atom. The van der Waals surface area contributed by atoms with E-state index in [-0.39, 0.29) is 17.9 Å². The van der Waals surface area contributed by atoms with Crippen molar-refractivity contribution in [3.05, 3.63) is 35.4 Å². The minimum atomic E-state index is -0.142. The van der Waals surface area contributed by atoms with E-state index in [1.54, 1.807) is 12.1 Å². The van der Waals surface area contributed by atoms with Gasteiger partial charge in [-0.3, -0.25) is 14.5 Å². The van der Waals surface area contributed by atoms with Crippen LogP contribution in [-0.2, 0) is 0 Å². The van der Waals surface area contributed by atoms with Crippen LogP contribution in [0.15, 0.2) is 24.3 Å². The number of imide groups is 1. The van der Waals surface area contributed by atoms with E-state index in [4.69, 9.17) is 0 Å². The quantitative estimate of drug-likeness (QED) is 0.846. The number of benzene rings is 1. The summed E-state index contributed by atoms with van der Waals surface area (Å²) in [4.78, 5) is 26.3. The van der Waals surface area contributed by atoms with Crippen LogP contribution in [-0.4, -0.2) is 35.8 Å². The van der Waals surface area contributed by atoms with E-state index in [2.05, 4.69) is 12.2 Å². The molecule has 1 aromatic rings. The topological polar surface area (TPSA) is 49.4 Å². The first-order valence-electron chi connectivity index (χ1n) is 7.91. The normalized spacial score (nSPS) is 20.1. The van der Waals surface area contributed by atoms with E-state index in [0.717, 1.165) is 6.54 Å². The zero-order chi connectivity index (χ0) is 14.8. The van der Waals surface area contributed by atoms with Crippen molar-refractivity contribution < 1.29 is 9.59 Å². The molecule has 0 bridgehead atoms. The average molecular weight is 286 g/mol. The lowest BCUT2D eigenvalue weighted by Crippen LogP contribution is -2.47. The molecule has 2 aliphatic rings. The van der Waals surface area contributed by atoms with Gasteiger partial charge in [0.15, 0.2) is 0 Å². The zero-order valence-electron chi connectivity index (χ0n) is 12.5. The number of carbonyl (C=O) groups excluding carboxylic acids is 2. The van der Waals surface area contributed by atoms with Crippen LogP contribution in [0.2, 0.25) is 0 Å². The van der Waals surface area contributed by atoms with Gasteiger partial charge in [0.1, 0.15) is 0 Å². The largest absolute Gasteiger partial charge is 0.312 e. The molecule has 1 fully saturated rings. The maximum absolute atomic E-state index is 12.4. The summed E-state index contributed by atoms with van der Waals surface area (Å²) in [6, 6.07) is 7.33. The first-order valence-corrected chi connectivity index (χ1v) is 7.91. The number of nitrogens with zero attached hydrogens (tertiary/aromatic N) is 1. The molecule has 1 unspecified atom stereocenters. The average Bonchev–Trinajstić information content (AvgIpc) is 3.11. The van der Waals surface area contributed by atoms with Gasteiger partial charge in [-0.1, -0.05) is 31.9 Å². The number of nitrogens with one attached hydrogen (secondary N) is 1. The highest BCUT2D eigenvalue weighted by Gasteiger charge is 2.37. The van der Waals surface area contributed by atoms with Crippen molar-refractivity contribution >= 4 is 11.8 Å². The highest BCUT2D eigenvalue weighted by molar-refractivity contribution is 6.21. The molecule has 112 valence electrons. The third-order valence-corrected chi connectivity index (χ3v) is 4.69. The Hall–Kier alpha value is -1.68. The summed E-state index contributed by atoms with van der Waals surface area (Å²) in [5, 5.41) is 3.47. The first-order chi connectivity index (χ1) is 10.2. The zero-order valence-corrected chi connectivity index (χ0v) is 12.5. The number of fused-ring (bicyclic) bond motifs is 1. The van der Waals surface area contributed by atoms with Gasteiger partial charge < -0.3 is 5.32 Å². The van der Waals surface area contributed by atoms with Crippen LogP contribution in [0.4, 0.5) is 0 Å². The summed E-state index contributed by atoms with van der Waals surface area (Å²) in [7, 11) is 0. The van der Waals surface area contributed by atoms with Crippen molar-refractivity contribution in [2.75, 3.05) is 13.1 Å². The van der Waals surface area contributed by atoms with Crippen molar-refractivity contribution in [2.24, 2.45) is 5.92 Å². The van der Waals surface area contributed by atoms with E-state index < -0.39 is 0 Å². The van der Waals surface area contributed by atoms with E-state index >= 15 is 0 Å². The van der Waals surface area contributed by atoms with Crippen molar-refractivity contribution in [3.8, 4) is 0 Å². The number of rotatable bonds is 5. The smallest absolute Gasteiger partial charge is 0.261 e. The molecule has 1 heterocycles. The van der Waals surface area contributed by atoms with Gasteiger partial charge >= 0.3 is 0 Å². The molecule has 3 rings (SSSR count). The lowest BCUT2D eigenvalue weighted by atomic mass is 9.97. The van der Waals surface area contributed by atoms with Gasteiger partial charge in [-0.05, 0) is 37.4 Å². The van der Waals surface area contributed by atoms with E-state index in [9.17, 15) is 9.59 Å². The lowest BCUT2D eigenvalue weighted by molar-refractivity contribution is 0.0625. The molecule has 4 heteroatoms. The molecular formula is C17H22N2O2. The minimum absolute atomic E-state index is 0.142. The van der Waals surface area contributed by atoms with Crippen LogP contribution in [0.5, 0.6) is 0 Å². The molecule has 0 aromatic heterocycles. The van der Waals surface area contributed by atoms with Gasteiger partial charge in [0.05, 0.1) is 11.1 Å². The first kappa shape index (κ1) is 14.3. The van der Waals surface area contributed by atoms with Crippen LogP contribution in [0.1, 0.15) is 53.3 Å². The van der Waals surface area contributed by atoms with Crippen LogP contribution in [0.25, 0.3) is 0 Å². The Morgan fingerprint density at radius 2 is 1.71 bits per heavy atom. The Bertz CT molecular complexity index is 514. The van der Waals surface area contributed by atoms with E-state index in [1.807, 2.05) is 12.1 Å². The molecule has 1 aromatic carbocycles. The molecule has 1 saturated carbocycles. The Kier molecular flexibility index (Phi) is 4.06. The fourth-order valence-electron chi connectivity index (χ4n) is 3.60. The number of amides is 2. The molecule has 1 aliphatic carbocycles. The van der Waals surface area contributed by atoms with Gasteiger partial charge in [-0.2, -0.15) is 0 Å². The van der Waals surface area contributed by atoms with Crippen LogP contribution in [0, 0.1) is 5.92 Å². The molecule has 0 saturated heterocycles. The van der Waals surface area contributed by atoms with Gasteiger partial charge in [0.25, 0.3) is 11.8 Å². The Labute approximate surface area is 125 Å². The fourth-order valence-corrected chi connectivity index (χ4v) is 3.60. The molecule has 21 heavy (non-hydrogen) atoms. The molecule has 0 radical (unpaired) electrons. The van der Waals surface area contributed by atoms with Gasteiger partial charge in [-0.25, -0.2) is 0 Å². The maximum atomic E-state index is 12.4. The summed E-state index contributed by atoms with van der Waals surface area (Å²) < 4.78 is 0. The second-order valence-electron chi connectivity index (χ2n) is 5.98. The molecule has 0 spiro atoms. The second-order valence-corrected chi connectivity index (χ2v) is 5.98. The number of hydrogen-bond acceptors (Lipinski definition) is 3. The standard InChI is InChI=1S/C17H22N2O2/c1-2-18-15(12-7-3-4-8-12)11-19-16(20)13-9-5-6-10-14(13)17(19)21/h5-6,9-10,12,15,18H,2-4,7-8,11H2,1H3. The molecule has 1 N–H and O–H groups in total. The monoisotopic (exact) mass is 286 g/mol. The summed E-state index contributed by atoms with van der Waals surface area (Å²) in [6.45, 7) is 3.43. The number of hydrogen-bond donors (Lipinski definition) is 1. The Balaban J connectivity index is 1.78. The van der Waals surface area contributed by atoms with Crippen molar-refractivity contribution in [2.45, 2.75) is 38.6 Å². The summed E-state index contributed by atoms with van der Waals surface area (Å²) >= 11 is 0. The minimum Gasteiger partial charge on any atom is -0.312 e. The van der Waals surface area contributed by atoms with Gasteiger partial charge in [0.2, 0.25) is 0 Å².